The van der Waals surface area contributed by atoms with Gasteiger partial charge in [0.25, 0.3) is 0 Å². The molecule has 26 heavy (non-hydrogen) atoms. The average molecular weight is 363 g/mol. The standard InChI is InChI=1S/C19H29N3O4/c1-19(2,3)26-18(24)21-12-10-15(11-13-21)22(17(23)20-4)14-6-8-16(25-5)9-7-14/h6-9,15H,10-13H2,1-5H3,(H,20,23). The molecule has 1 fully saturated rings. The highest BCUT2D eigenvalue weighted by Gasteiger charge is 2.32. The van der Waals surface area contributed by atoms with Crippen LogP contribution in [-0.4, -0.2) is 55.9 Å². The van der Waals surface area contributed by atoms with E-state index in [1.54, 1.807) is 24.0 Å². The normalized spacial score (nSPS) is 15.3. The second-order valence-electron chi connectivity index (χ2n) is 7.32. The summed E-state index contributed by atoms with van der Waals surface area (Å²) in [6.45, 7) is 6.68. The molecule has 144 valence electrons. The van der Waals surface area contributed by atoms with Gasteiger partial charge in [0.05, 0.1) is 7.11 Å². The molecule has 3 amide bonds. The first-order valence-corrected chi connectivity index (χ1v) is 8.88. The number of piperidine rings is 1. The molecule has 0 atom stereocenters. The molecule has 0 radical (unpaired) electrons. The minimum Gasteiger partial charge on any atom is -0.497 e. The largest absolute Gasteiger partial charge is 0.497 e. The van der Waals surface area contributed by atoms with E-state index in [2.05, 4.69) is 5.32 Å². The van der Waals surface area contributed by atoms with Gasteiger partial charge in [0.2, 0.25) is 0 Å². The molecule has 1 aliphatic heterocycles. The molecule has 1 aromatic rings. The molecule has 7 heteroatoms. The number of rotatable bonds is 3. The molecule has 0 bridgehead atoms. The van der Waals surface area contributed by atoms with E-state index in [1.165, 1.54) is 0 Å². The highest BCUT2D eigenvalue weighted by atomic mass is 16.6. The Bertz CT molecular complexity index is 617. The van der Waals surface area contributed by atoms with Crippen molar-refractivity contribution in [3.05, 3.63) is 24.3 Å². The highest BCUT2D eigenvalue weighted by Crippen LogP contribution is 2.26. The molecular weight excluding hydrogens is 334 g/mol. The minimum atomic E-state index is -0.509. The molecule has 1 aliphatic rings. The first-order chi connectivity index (χ1) is 12.2. The van der Waals surface area contributed by atoms with Crippen LogP contribution in [0.5, 0.6) is 5.75 Å². The SMILES string of the molecule is CNC(=O)N(c1ccc(OC)cc1)C1CCN(C(=O)OC(C)(C)C)CC1. The minimum absolute atomic E-state index is 0.0158. The van der Waals surface area contributed by atoms with Crippen LogP contribution in [0.2, 0.25) is 0 Å². The number of likely N-dealkylation sites (tertiary alicyclic amines) is 1. The maximum Gasteiger partial charge on any atom is 0.410 e. The third-order valence-corrected chi connectivity index (χ3v) is 4.26. The number of benzene rings is 1. The number of urea groups is 1. The van der Waals surface area contributed by atoms with Crippen LogP contribution in [0.25, 0.3) is 0 Å². The predicted molar refractivity (Wildman–Crippen MR) is 101 cm³/mol. The van der Waals surface area contributed by atoms with E-state index in [-0.39, 0.29) is 18.2 Å². The Morgan fingerprint density at radius 1 is 1.15 bits per heavy atom. The van der Waals surface area contributed by atoms with Crippen molar-refractivity contribution < 1.29 is 19.1 Å². The van der Waals surface area contributed by atoms with Crippen LogP contribution in [0.1, 0.15) is 33.6 Å². The number of anilines is 1. The molecule has 0 aliphatic carbocycles. The maximum atomic E-state index is 12.4. The van der Waals surface area contributed by atoms with Gasteiger partial charge in [-0.05, 0) is 57.9 Å². The van der Waals surface area contributed by atoms with Crippen molar-refractivity contribution in [1.82, 2.24) is 10.2 Å². The van der Waals surface area contributed by atoms with Gasteiger partial charge in [0.15, 0.2) is 0 Å². The summed E-state index contributed by atoms with van der Waals surface area (Å²) in [5.41, 5.74) is 0.298. The van der Waals surface area contributed by atoms with E-state index >= 15 is 0 Å². The molecule has 0 aromatic heterocycles. The lowest BCUT2D eigenvalue weighted by atomic mass is 10.0. The van der Waals surface area contributed by atoms with Gasteiger partial charge in [-0.1, -0.05) is 0 Å². The van der Waals surface area contributed by atoms with Crippen LogP contribution in [0.4, 0.5) is 15.3 Å². The smallest absolute Gasteiger partial charge is 0.410 e. The lowest BCUT2D eigenvalue weighted by Crippen LogP contribution is -2.52. The molecule has 0 spiro atoms. The zero-order chi connectivity index (χ0) is 19.3. The first-order valence-electron chi connectivity index (χ1n) is 8.88. The van der Waals surface area contributed by atoms with Crippen molar-refractivity contribution in [3.63, 3.8) is 0 Å². The highest BCUT2D eigenvalue weighted by molar-refractivity contribution is 5.92. The number of carbonyl (C=O) groups is 2. The Hall–Kier alpha value is -2.44. The Labute approximate surface area is 155 Å². The van der Waals surface area contributed by atoms with Crippen LogP contribution in [0.3, 0.4) is 0 Å². The van der Waals surface area contributed by atoms with Gasteiger partial charge in [-0.2, -0.15) is 0 Å². The number of hydrogen-bond acceptors (Lipinski definition) is 4. The number of nitrogens with zero attached hydrogens (tertiary/aromatic N) is 2. The van der Waals surface area contributed by atoms with E-state index in [1.807, 2.05) is 45.0 Å². The molecule has 0 saturated carbocycles. The van der Waals surface area contributed by atoms with Crippen LogP contribution in [0.15, 0.2) is 24.3 Å². The first kappa shape index (κ1) is 19.9. The van der Waals surface area contributed by atoms with Gasteiger partial charge in [0, 0.05) is 31.9 Å². The lowest BCUT2D eigenvalue weighted by molar-refractivity contribution is 0.0206. The number of hydrogen-bond donors (Lipinski definition) is 1. The van der Waals surface area contributed by atoms with Crippen LogP contribution in [0, 0.1) is 0 Å². The monoisotopic (exact) mass is 363 g/mol. The summed E-state index contributed by atoms with van der Waals surface area (Å²) >= 11 is 0. The number of ether oxygens (including phenoxy) is 2. The van der Waals surface area contributed by atoms with E-state index in [0.29, 0.717) is 25.9 Å². The fourth-order valence-electron chi connectivity index (χ4n) is 2.99. The second kappa shape index (κ2) is 8.29. The molecule has 0 unspecified atom stereocenters. The van der Waals surface area contributed by atoms with Gasteiger partial charge < -0.3 is 19.7 Å². The number of amides is 3. The second-order valence-corrected chi connectivity index (χ2v) is 7.32. The maximum absolute atomic E-state index is 12.4. The Balaban J connectivity index is 2.07. The summed E-state index contributed by atoms with van der Waals surface area (Å²) in [6, 6.07) is 7.26. The summed E-state index contributed by atoms with van der Waals surface area (Å²) in [5.74, 6) is 0.741. The molecule has 2 rings (SSSR count). The number of methoxy groups -OCH3 is 1. The quantitative estimate of drug-likeness (QED) is 0.895. The van der Waals surface area contributed by atoms with Crippen molar-refractivity contribution in [2.45, 2.75) is 45.3 Å². The average Bonchev–Trinajstić information content (AvgIpc) is 2.61. The van der Waals surface area contributed by atoms with Gasteiger partial charge in [-0.3, -0.25) is 4.90 Å². The van der Waals surface area contributed by atoms with E-state index in [4.69, 9.17) is 9.47 Å². The van der Waals surface area contributed by atoms with E-state index < -0.39 is 5.60 Å². The molecule has 7 nitrogen and oxygen atoms in total. The van der Waals surface area contributed by atoms with Crippen LogP contribution >= 0.6 is 0 Å². The third kappa shape index (κ3) is 5.03. The Morgan fingerprint density at radius 3 is 2.19 bits per heavy atom. The molecule has 1 heterocycles. The lowest BCUT2D eigenvalue weighted by Gasteiger charge is -2.38. The summed E-state index contributed by atoms with van der Waals surface area (Å²) in [7, 11) is 3.23. The summed E-state index contributed by atoms with van der Waals surface area (Å²) < 4.78 is 10.6. The van der Waals surface area contributed by atoms with Crippen molar-refractivity contribution >= 4 is 17.8 Å². The van der Waals surface area contributed by atoms with Crippen molar-refractivity contribution in [2.75, 3.05) is 32.1 Å². The molecule has 1 aromatic carbocycles. The summed E-state index contributed by atoms with van der Waals surface area (Å²) in [5, 5.41) is 2.70. The topological polar surface area (TPSA) is 71.1 Å². The van der Waals surface area contributed by atoms with E-state index in [0.717, 1.165) is 11.4 Å². The fraction of sp³-hybridized carbons (Fsp3) is 0.579. The van der Waals surface area contributed by atoms with Gasteiger partial charge in [0.1, 0.15) is 11.4 Å². The predicted octanol–water partition coefficient (Wildman–Crippen LogP) is 3.24. The third-order valence-electron chi connectivity index (χ3n) is 4.26. The zero-order valence-electron chi connectivity index (χ0n) is 16.2. The van der Waals surface area contributed by atoms with Gasteiger partial charge >= 0.3 is 12.1 Å². The van der Waals surface area contributed by atoms with Crippen molar-refractivity contribution in [1.29, 1.82) is 0 Å². The number of nitrogens with one attached hydrogen (secondary N) is 1. The van der Waals surface area contributed by atoms with Crippen LogP contribution < -0.4 is 15.0 Å². The van der Waals surface area contributed by atoms with E-state index in [9.17, 15) is 9.59 Å². The molecule has 1 N–H and O–H groups in total. The van der Waals surface area contributed by atoms with Gasteiger partial charge in [-0.15, -0.1) is 0 Å². The summed E-state index contributed by atoms with van der Waals surface area (Å²) in [6.07, 6.45) is 1.09. The van der Waals surface area contributed by atoms with Crippen LogP contribution in [-0.2, 0) is 4.74 Å². The Morgan fingerprint density at radius 2 is 1.73 bits per heavy atom. The van der Waals surface area contributed by atoms with Crippen molar-refractivity contribution in [3.8, 4) is 5.75 Å². The molecular formula is C19H29N3O4. The van der Waals surface area contributed by atoms with Crippen molar-refractivity contribution in [2.24, 2.45) is 0 Å². The number of carbonyl (C=O) groups excluding carboxylic acids is 2. The Kier molecular flexibility index (Phi) is 6.34. The fourth-order valence-corrected chi connectivity index (χ4v) is 2.99. The zero-order valence-corrected chi connectivity index (χ0v) is 16.2. The van der Waals surface area contributed by atoms with Gasteiger partial charge in [-0.25, -0.2) is 9.59 Å². The summed E-state index contributed by atoms with van der Waals surface area (Å²) in [4.78, 5) is 28.1. The molecule has 1 saturated heterocycles.